The number of aliphatic hydroxyl groups excluding tert-OH is 2. The van der Waals surface area contributed by atoms with Crippen LogP contribution in [0, 0.1) is 0 Å². The van der Waals surface area contributed by atoms with Crippen molar-refractivity contribution < 1.29 is 19.7 Å². The number of amides is 1. The number of nitrogens with one attached hydrogen (secondary N) is 2. The lowest BCUT2D eigenvalue weighted by atomic mass is 10.2. The highest BCUT2D eigenvalue weighted by Gasteiger charge is 2.35. The zero-order valence-corrected chi connectivity index (χ0v) is 16.2. The molecule has 0 bridgehead atoms. The molecule has 29 heavy (non-hydrogen) atoms. The van der Waals surface area contributed by atoms with Crippen molar-refractivity contribution in [1.82, 2.24) is 19.8 Å². The van der Waals surface area contributed by atoms with E-state index in [1.807, 2.05) is 4.90 Å². The van der Waals surface area contributed by atoms with E-state index in [0.29, 0.717) is 39.3 Å². The molecular formula is C17H30N6O6. The summed E-state index contributed by atoms with van der Waals surface area (Å²) in [7, 11) is 0. The van der Waals surface area contributed by atoms with Gasteiger partial charge in [0, 0.05) is 57.4 Å². The molecule has 0 aromatic carbocycles. The Hall–Kier alpha value is -2.09. The van der Waals surface area contributed by atoms with Gasteiger partial charge in [-0.15, -0.1) is 0 Å². The number of H-pyrrole nitrogens is 1. The number of hydrogen-bond acceptors (Lipinski definition) is 9. The number of carbonyl (C=O) groups is 1. The van der Waals surface area contributed by atoms with Gasteiger partial charge in [-0.1, -0.05) is 0 Å². The van der Waals surface area contributed by atoms with E-state index < -0.39 is 36.3 Å². The second-order valence-corrected chi connectivity index (χ2v) is 6.88. The second kappa shape index (κ2) is 11.2. The predicted octanol–water partition coefficient (Wildman–Crippen LogP) is -3.94. The van der Waals surface area contributed by atoms with E-state index in [4.69, 9.17) is 16.2 Å². The van der Waals surface area contributed by atoms with Crippen LogP contribution in [-0.4, -0.2) is 88.7 Å². The standard InChI is InChI=1S/C17H30N6O6/c18-1-4-22(5-2-19)6-3-20-14(26)7-11-9-23(17(28)21-16(11)27)15-8-12(25)13(10-24)29-15/h9,12-13,15,24-25H,1-8,10,18-19H2,(H,20,26)(H,21,27,28)/t12-,13+,15+/m0/s1. The summed E-state index contributed by atoms with van der Waals surface area (Å²) >= 11 is 0. The number of rotatable bonds is 11. The highest BCUT2D eigenvalue weighted by molar-refractivity contribution is 5.78. The largest absolute Gasteiger partial charge is 0.394 e. The molecule has 2 rings (SSSR count). The summed E-state index contributed by atoms with van der Waals surface area (Å²) in [5, 5.41) is 21.7. The Kier molecular flexibility index (Phi) is 8.95. The summed E-state index contributed by atoms with van der Waals surface area (Å²) in [6.07, 6.45) is -1.46. The fourth-order valence-electron chi connectivity index (χ4n) is 3.21. The van der Waals surface area contributed by atoms with Crippen LogP contribution in [0.2, 0.25) is 0 Å². The maximum atomic E-state index is 12.2. The first-order valence-electron chi connectivity index (χ1n) is 9.57. The van der Waals surface area contributed by atoms with Gasteiger partial charge in [-0.25, -0.2) is 4.79 Å². The molecule has 1 aromatic rings. The molecule has 8 N–H and O–H groups in total. The van der Waals surface area contributed by atoms with E-state index in [0.717, 1.165) is 4.57 Å². The molecule has 164 valence electrons. The molecule has 0 aliphatic carbocycles. The molecule has 2 heterocycles. The van der Waals surface area contributed by atoms with Crippen LogP contribution >= 0.6 is 0 Å². The lowest BCUT2D eigenvalue weighted by molar-refractivity contribution is -0.120. The summed E-state index contributed by atoms with van der Waals surface area (Å²) in [4.78, 5) is 40.5. The van der Waals surface area contributed by atoms with Gasteiger partial charge in [-0.05, 0) is 0 Å². The highest BCUT2D eigenvalue weighted by atomic mass is 16.5. The van der Waals surface area contributed by atoms with Crippen LogP contribution in [0.25, 0.3) is 0 Å². The lowest BCUT2D eigenvalue weighted by Crippen LogP contribution is -2.41. The molecule has 0 radical (unpaired) electrons. The maximum Gasteiger partial charge on any atom is 0.330 e. The summed E-state index contributed by atoms with van der Waals surface area (Å²) in [5.74, 6) is -0.373. The van der Waals surface area contributed by atoms with E-state index in [2.05, 4.69) is 10.3 Å². The van der Waals surface area contributed by atoms with Crippen molar-refractivity contribution in [2.75, 3.05) is 45.9 Å². The topological polar surface area (TPSA) is 189 Å². The maximum absolute atomic E-state index is 12.2. The van der Waals surface area contributed by atoms with E-state index in [1.54, 1.807) is 0 Å². The van der Waals surface area contributed by atoms with Crippen LogP contribution in [0.5, 0.6) is 0 Å². The van der Waals surface area contributed by atoms with Gasteiger partial charge in [0.2, 0.25) is 5.91 Å². The van der Waals surface area contributed by atoms with Crippen molar-refractivity contribution >= 4 is 5.91 Å². The molecule has 0 unspecified atom stereocenters. The average molecular weight is 414 g/mol. The van der Waals surface area contributed by atoms with Crippen LogP contribution < -0.4 is 28.0 Å². The number of aromatic amines is 1. The molecule has 1 saturated heterocycles. The zero-order chi connectivity index (χ0) is 21.4. The third-order valence-electron chi connectivity index (χ3n) is 4.73. The Balaban J connectivity index is 1.99. The molecule has 1 amide bonds. The third-order valence-corrected chi connectivity index (χ3v) is 4.73. The van der Waals surface area contributed by atoms with Crippen LogP contribution in [-0.2, 0) is 16.0 Å². The van der Waals surface area contributed by atoms with Crippen molar-refractivity contribution in [2.45, 2.75) is 31.3 Å². The van der Waals surface area contributed by atoms with Crippen LogP contribution in [0.15, 0.2) is 15.8 Å². The van der Waals surface area contributed by atoms with Gasteiger partial charge in [0.05, 0.1) is 19.1 Å². The average Bonchev–Trinajstić information content (AvgIpc) is 3.04. The number of nitrogens with zero attached hydrogens (tertiary/aromatic N) is 2. The SMILES string of the molecule is NCCN(CCN)CCNC(=O)Cc1cn([C@H]2C[C@H](O)[C@@H](CO)O2)c(=O)[nH]c1=O. The third kappa shape index (κ3) is 6.45. The quantitative estimate of drug-likeness (QED) is 0.210. The van der Waals surface area contributed by atoms with Crippen molar-refractivity contribution in [2.24, 2.45) is 11.5 Å². The summed E-state index contributed by atoms with van der Waals surface area (Å²) in [6, 6.07) is 0. The molecule has 1 aromatic heterocycles. The first-order chi connectivity index (χ1) is 13.9. The van der Waals surface area contributed by atoms with Gasteiger partial charge in [0.15, 0.2) is 0 Å². The summed E-state index contributed by atoms with van der Waals surface area (Å²) in [5.41, 5.74) is 9.79. The predicted molar refractivity (Wildman–Crippen MR) is 104 cm³/mol. The summed E-state index contributed by atoms with van der Waals surface area (Å²) in [6.45, 7) is 2.86. The molecular weight excluding hydrogens is 384 g/mol. The molecule has 3 atom stereocenters. The second-order valence-electron chi connectivity index (χ2n) is 6.88. The fraction of sp³-hybridized carbons (Fsp3) is 0.706. The number of nitrogens with two attached hydrogens (primary N) is 2. The number of ether oxygens (including phenoxy) is 1. The normalized spacial score (nSPS) is 21.6. The first-order valence-corrected chi connectivity index (χ1v) is 9.57. The van der Waals surface area contributed by atoms with Gasteiger partial charge in [-0.2, -0.15) is 0 Å². The number of carbonyl (C=O) groups excluding carboxylic acids is 1. The first kappa shape index (κ1) is 23.2. The fourth-order valence-corrected chi connectivity index (χ4v) is 3.21. The van der Waals surface area contributed by atoms with Gasteiger partial charge in [0.25, 0.3) is 5.56 Å². The van der Waals surface area contributed by atoms with Crippen LogP contribution in [0.4, 0.5) is 0 Å². The van der Waals surface area contributed by atoms with Crippen molar-refractivity contribution in [3.63, 3.8) is 0 Å². The monoisotopic (exact) mass is 414 g/mol. The van der Waals surface area contributed by atoms with Gasteiger partial charge < -0.3 is 31.7 Å². The van der Waals surface area contributed by atoms with Crippen molar-refractivity contribution in [1.29, 1.82) is 0 Å². The number of aromatic nitrogens is 2. The number of aliphatic hydroxyl groups is 2. The van der Waals surface area contributed by atoms with E-state index >= 15 is 0 Å². The number of hydrogen-bond donors (Lipinski definition) is 6. The molecule has 1 aliphatic heterocycles. The Morgan fingerprint density at radius 1 is 1.31 bits per heavy atom. The lowest BCUT2D eigenvalue weighted by Gasteiger charge is -2.20. The Morgan fingerprint density at radius 3 is 2.59 bits per heavy atom. The van der Waals surface area contributed by atoms with E-state index in [1.165, 1.54) is 6.20 Å². The minimum atomic E-state index is -0.930. The Bertz CT molecular complexity index is 774. The molecule has 12 nitrogen and oxygen atoms in total. The van der Waals surface area contributed by atoms with E-state index in [-0.39, 0.29) is 24.3 Å². The molecule has 1 fully saturated rings. The van der Waals surface area contributed by atoms with Crippen molar-refractivity contribution in [3.8, 4) is 0 Å². The Labute approximate surface area is 167 Å². The van der Waals surface area contributed by atoms with Crippen LogP contribution in [0.3, 0.4) is 0 Å². The zero-order valence-electron chi connectivity index (χ0n) is 16.2. The van der Waals surface area contributed by atoms with E-state index in [9.17, 15) is 24.6 Å². The van der Waals surface area contributed by atoms with Gasteiger partial charge in [-0.3, -0.25) is 24.0 Å². The van der Waals surface area contributed by atoms with Gasteiger partial charge in [0.1, 0.15) is 12.3 Å². The highest BCUT2D eigenvalue weighted by Crippen LogP contribution is 2.27. The molecule has 0 saturated carbocycles. The Morgan fingerprint density at radius 2 is 2.00 bits per heavy atom. The molecule has 12 heteroatoms. The molecule has 1 aliphatic rings. The minimum Gasteiger partial charge on any atom is -0.394 e. The minimum absolute atomic E-state index is 0.0843. The van der Waals surface area contributed by atoms with Gasteiger partial charge >= 0.3 is 5.69 Å². The summed E-state index contributed by atoms with van der Waals surface area (Å²) < 4.78 is 6.56. The van der Waals surface area contributed by atoms with Crippen LogP contribution in [0.1, 0.15) is 18.2 Å². The smallest absolute Gasteiger partial charge is 0.330 e. The van der Waals surface area contributed by atoms with Crippen molar-refractivity contribution in [3.05, 3.63) is 32.6 Å². The molecule has 0 spiro atoms.